The Morgan fingerprint density at radius 3 is 2.70 bits per heavy atom. The number of hydrogen-bond donors (Lipinski definition) is 2. The molecule has 0 aliphatic heterocycles. The van der Waals surface area contributed by atoms with Crippen LogP contribution in [0.1, 0.15) is 5.56 Å². The van der Waals surface area contributed by atoms with Crippen molar-refractivity contribution in [3.05, 3.63) is 29.8 Å². The fourth-order valence-electron chi connectivity index (χ4n) is 1.37. The third kappa shape index (κ3) is 6.96. The van der Waals surface area contributed by atoms with E-state index in [0.717, 1.165) is 5.56 Å². The normalized spacial score (nSPS) is 9.30. The summed E-state index contributed by atoms with van der Waals surface area (Å²) >= 11 is 0. The molecule has 0 saturated heterocycles. The molecule has 1 aromatic rings. The summed E-state index contributed by atoms with van der Waals surface area (Å²) in [5.41, 5.74) is 0.895. The lowest BCUT2D eigenvalue weighted by atomic mass is 10.2. The number of amides is 1. The lowest BCUT2D eigenvalue weighted by Crippen LogP contribution is -2.31. The van der Waals surface area contributed by atoms with Gasteiger partial charge in [-0.1, -0.05) is 12.1 Å². The lowest BCUT2D eigenvalue weighted by Gasteiger charge is -2.08. The quantitative estimate of drug-likeness (QED) is 0.717. The highest BCUT2D eigenvalue weighted by molar-refractivity contribution is 5.85. The first-order chi connectivity index (χ1) is 9.15. The van der Waals surface area contributed by atoms with Crippen LogP contribution < -0.4 is 15.4 Å². The van der Waals surface area contributed by atoms with E-state index in [9.17, 15) is 9.59 Å². The van der Waals surface area contributed by atoms with Gasteiger partial charge in [0.05, 0.1) is 13.7 Å². The third-order valence-electron chi connectivity index (χ3n) is 2.31. The first-order valence-corrected chi connectivity index (χ1v) is 5.85. The van der Waals surface area contributed by atoms with Gasteiger partial charge in [-0.2, -0.15) is 0 Å². The topological polar surface area (TPSA) is 76.7 Å². The molecule has 0 spiro atoms. The van der Waals surface area contributed by atoms with Gasteiger partial charge in [-0.05, 0) is 24.7 Å². The second-order valence-electron chi connectivity index (χ2n) is 3.82. The molecular formula is C13H19ClN2O4. The minimum absolute atomic E-state index is 0. The van der Waals surface area contributed by atoms with Gasteiger partial charge in [0.25, 0.3) is 0 Å². The van der Waals surface area contributed by atoms with Crippen LogP contribution in [-0.2, 0) is 20.9 Å². The van der Waals surface area contributed by atoms with E-state index in [2.05, 4.69) is 15.4 Å². The van der Waals surface area contributed by atoms with E-state index < -0.39 is 5.97 Å². The van der Waals surface area contributed by atoms with Gasteiger partial charge in [-0.3, -0.25) is 4.79 Å². The van der Waals surface area contributed by atoms with Gasteiger partial charge < -0.3 is 20.1 Å². The van der Waals surface area contributed by atoms with E-state index in [0.29, 0.717) is 12.3 Å². The van der Waals surface area contributed by atoms with Crippen molar-refractivity contribution in [2.75, 3.05) is 27.3 Å². The monoisotopic (exact) mass is 302 g/mol. The number of likely N-dealkylation sites (N-methyl/N-ethyl adjacent to an activating group) is 1. The maximum atomic E-state index is 11.3. The van der Waals surface area contributed by atoms with E-state index in [1.54, 1.807) is 25.2 Å². The Kier molecular flexibility index (Phi) is 9.15. The molecule has 0 aliphatic carbocycles. The number of benzene rings is 1. The number of methoxy groups -OCH3 is 1. The molecular weight excluding hydrogens is 284 g/mol. The molecule has 0 fully saturated rings. The van der Waals surface area contributed by atoms with Crippen LogP contribution in [0.2, 0.25) is 0 Å². The smallest absolute Gasteiger partial charge is 0.343 e. The first-order valence-electron chi connectivity index (χ1n) is 5.85. The molecule has 1 rings (SSSR count). The molecule has 1 amide bonds. The Hall–Kier alpha value is -1.79. The van der Waals surface area contributed by atoms with Gasteiger partial charge in [0.1, 0.15) is 5.75 Å². The van der Waals surface area contributed by atoms with Crippen molar-refractivity contribution in [2.45, 2.75) is 6.54 Å². The molecule has 2 N–H and O–H groups in total. The Labute approximate surface area is 124 Å². The number of esters is 1. The predicted molar refractivity (Wildman–Crippen MR) is 77.0 cm³/mol. The summed E-state index contributed by atoms with van der Waals surface area (Å²) in [5.74, 6) is 0.0434. The molecule has 7 heteroatoms. The van der Waals surface area contributed by atoms with Crippen LogP contribution >= 0.6 is 12.4 Å². The highest BCUT2D eigenvalue weighted by atomic mass is 35.5. The molecule has 112 valence electrons. The number of ether oxygens (including phenoxy) is 2. The summed E-state index contributed by atoms with van der Waals surface area (Å²) in [6.07, 6.45) is 0. The standard InChI is InChI=1S/C13H18N2O4.ClH/c1-14-8-12(16)15-7-10-4-3-5-11(6-10)19-9-13(17)18-2;/h3-6,14H,7-9H2,1-2H3,(H,15,16);1H. The van der Waals surface area contributed by atoms with E-state index in [1.807, 2.05) is 6.07 Å². The van der Waals surface area contributed by atoms with E-state index in [1.165, 1.54) is 7.11 Å². The number of carbonyl (C=O) groups is 2. The van der Waals surface area contributed by atoms with Gasteiger partial charge in [0, 0.05) is 6.54 Å². The van der Waals surface area contributed by atoms with Crippen LogP contribution in [0.5, 0.6) is 5.75 Å². The summed E-state index contributed by atoms with van der Waals surface area (Å²) in [4.78, 5) is 22.2. The van der Waals surface area contributed by atoms with E-state index in [-0.39, 0.29) is 31.5 Å². The van der Waals surface area contributed by atoms with E-state index in [4.69, 9.17) is 4.74 Å². The fourth-order valence-corrected chi connectivity index (χ4v) is 1.37. The van der Waals surface area contributed by atoms with Crippen molar-refractivity contribution in [2.24, 2.45) is 0 Å². The lowest BCUT2D eigenvalue weighted by molar-refractivity contribution is -0.142. The van der Waals surface area contributed by atoms with Gasteiger partial charge in [-0.25, -0.2) is 4.79 Å². The van der Waals surface area contributed by atoms with Crippen LogP contribution in [0.25, 0.3) is 0 Å². The molecule has 0 heterocycles. The van der Waals surface area contributed by atoms with Gasteiger partial charge >= 0.3 is 5.97 Å². The molecule has 0 saturated carbocycles. The number of hydrogen-bond acceptors (Lipinski definition) is 5. The Balaban J connectivity index is 0.00000361. The van der Waals surface area contributed by atoms with Gasteiger partial charge in [-0.15, -0.1) is 12.4 Å². The number of nitrogens with one attached hydrogen (secondary N) is 2. The summed E-state index contributed by atoms with van der Waals surface area (Å²) < 4.78 is 9.73. The van der Waals surface area contributed by atoms with Crippen molar-refractivity contribution in [3.8, 4) is 5.75 Å². The molecule has 0 unspecified atom stereocenters. The molecule has 20 heavy (non-hydrogen) atoms. The van der Waals surface area contributed by atoms with Crippen LogP contribution in [0.15, 0.2) is 24.3 Å². The number of carbonyl (C=O) groups excluding carboxylic acids is 2. The third-order valence-corrected chi connectivity index (χ3v) is 2.31. The summed E-state index contributed by atoms with van der Waals surface area (Å²) in [5, 5.41) is 5.52. The fraction of sp³-hybridized carbons (Fsp3) is 0.385. The molecule has 0 bridgehead atoms. The van der Waals surface area contributed by atoms with Crippen LogP contribution in [-0.4, -0.2) is 39.2 Å². The Bertz CT molecular complexity index is 440. The summed E-state index contributed by atoms with van der Waals surface area (Å²) in [6.45, 7) is 0.556. The molecule has 0 aromatic heterocycles. The highest BCUT2D eigenvalue weighted by Crippen LogP contribution is 2.13. The first kappa shape index (κ1) is 18.2. The van der Waals surface area contributed by atoms with Crippen molar-refractivity contribution >= 4 is 24.3 Å². The number of halogens is 1. The summed E-state index contributed by atoms with van der Waals surface area (Å²) in [6, 6.07) is 7.17. The molecule has 0 aliphatic rings. The van der Waals surface area contributed by atoms with E-state index >= 15 is 0 Å². The average Bonchev–Trinajstić information content (AvgIpc) is 2.43. The van der Waals surface area contributed by atoms with Crippen LogP contribution in [0.3, 0.4) is 0 Å². The molecule has 0 radical (unpaired) electrons. The maximum absolute atomic E-state index is 11.3. The zero-order valence-corrected chi connectivity index (χ0v) is 12.3. The molecule has 6 nitrogen and oxygen atoms in total. The highest BCUT2D eigenvalue weighted by Gasteiger charge is 2.03. The zero-order chi connectivity index (χ0) is 14.1. The van der Waals surface area contributed by atoms with Crippen LogP contribution in [0, 0.1) is 0 Å². The second-order valence-corrected chi connectivity index (χ2v) is 3.82. The van der Waals surface area contributed by atoms with Gasteiger partial charge in [0.15, 0.2) is 6.61 Å². The van der Waals surface area contributed by atoms with Crippen molar-refractivity contribution in [1.29, 1.82) is 0 Å². The van der Waals surface area contributed by atoms with Crippen molar-refractivity contribution in [1.82, 2.24) is 10.6 Å². The Morgan fingerprint density at radius 2 is 2.05 bits per heavy atom. The second kappa shape index (κ2) is 10.1. The van der Waals surface area contributed by atoms with Gasteiger partial charge in [0.2, 0.25) is 5.91 Å². The zero-order valence-electron chi connectivity index (χ0n) is 11.5. The summed E-state index contributed by atoms with van der Waals surface area (Å²) in [7, 11) is 3.01. The van der Waals surface area contributed by atoms with Crippen molar-refractivity contribution in [3.63, 3.8) is 0 Å². The SMILES string of the molecule is CNCC(=O)NCc1cccc(OCC(=O)OC)c1.Cl. The Morgan fingerprint density at radius 1 is 1.30 bits per heavy atom. The van der Waals surface area contributed by atoms with Crippen molar-refractivity contribution < 1.29 is 19.1 Å². The minimum Gasteiger partial charge on any atom is -0.482 e. The largest absolute Gasteiger partial charge is 0.482 e. The number of rotatable bonds is 7. The minimum atomic E-state index is -0.437. The molecule has 0 atom stereocenters. The van der Waals surface area contributed by atoms with Crippen LogP contribution in [0.4, 0.5) is 0 Å². The predicted octanol–water partition coefficient (Wildman–Crippen LogP) is 0.496. The maximum Gasteiger partial charge on any atom is 0.343 e. The molecule has 1 aromatic carbocycles. The average molecular weight is 303 g/mol.